The Labute approximate surface area is 98.2 Å². The third-order valence-electron chi connectivity index (χ3n) is 3.47. The molecule has 0 aliphatic carbocycles. The highest BCUT2D eigenvalue weighted by atomic mass is 16.2. The van der Waals surface area contributed by atoms with E-state index in [1.165, 1.54) is 0 Å². The number of nitrogens with zero attached hydrogens (tertiary/aromatic N) is 1. The first-order valence-corrected chi connectivity index (χ1v) is 6.41. The molecule has 2 atom stereocenters. The minimum atomic E-state index is 0.0755. The smallest absolute Gasteiger partial charge is 0.225 e. The van der Waals surface area contributed by atoms with E-state index in [2.05, 4.69) is 6.92 Å². The first-order chi connectivity index (χ1) is 7.60. The fraction of sp³-hybridized carbons (Fsp3) is 0.846. The lowest BCUT2D eigenvalue weighted by Crippen LogP contribution is -2.45. The van der Waals surface area contributed by atoms with Gasteiger partial charge in [0.05, 0.1) is 0 Å². The van der Waals surface area contributed by atoms with Gasteiger partial charge in [0.2, 0.25) is 5.91 Å². The van der Waals surface area contributed by atoms with Crippen LogP contribution in [0.15, 0.2) is 0 Å². The van der Waals surface area contributed by atoms with Gasteiger partial charge in [-0.25, -0.2) is 0 Å². The van der Waals surface area contributed by atoms with Gasteiger partial charge in [0.25, 0.3) is 0 Å². The highest BCUT2D eigenvalue weighted by Gasteiger charge is 2.30. The highest BCUT2D eigenvalue weighted by molar-refractivity contribution is 5.85. The van der Waals surface area contributed by atoms with Crippen molar-refractivity contribution in [1.29, 1.82) is 0 Å². The number of ketones is 1. The van der Waals surface area contributed by atoms with Crippen LogP contribution in [0.2, 0.25) is 0 Å². The third kappa shape index (κ3) is 3.06. The van der Waals surface area contributed by atoms with E-state index in [1.807, 2.05) is 18.7 Å². The second kappa shape index (κ2) is 6.02. The number of hydrogen-bond donors (Lipinski definition) is 0. The van der Waals surface area contributed by atoms with Gasteiger partial charge in [-0.05, 0) is 12.8 Å². The summed E-state index contributed by atoms with van der Waals surface area (Å²) in [6.07, 6.45) is 3.38. The van der Waals surface area contributed by atoms with Crippen LogP contribution >= 0.6 is 0 Å². The zero-order chi connectivity index (χ0) is 12.1. The monoisotopic (exact) mass is 225 g/mol. The van der Waals surface area contributed by atoms with Crippen molar-refractivity contribution >= 4 is 11.7 Å². The summed E-state index contributed by atoms with van der Waals surface area (Å²) in [5.74, 6) is 0.740. The highest BCUT2D eigenvalue weighted by Crippen LogP contribution is 2.19. The average molecular weight is 225 g/mol. The Bertz CT molecular complexity index is 263. The number of amides is 1. The molecule has 1 saturated heterocycles. The number of rotatable bonds is 4. The van der Waals surface area contributed by atoms with Gasteiger partial charge in [0.15, 0.2) is 0 Å². The molecule has 3 nitrogen and oxygen atoms in total. The number of carbonyl (C=O) groups excluding carboxylic acids is 2. The Hall–Kier alpha value is -0.860. The minimum absolute atomic E-state index is 0.0755. The molecule has 0 radical (unpaired) electrons. The summed E-state index contributed by atoms with van der Waals surface area (Å²) in [6.45, 7) is 7.37. The van der Waals surface area contributed by atoms with Crippen molar-refractivity contribution in [2.75, 3.05) is 13.1 Å². The summed E-state index contributed by atoms with van der Waals surface area (Å²) in [5.41, 5.74) is 0. The predicted molar refractivity (Wildman–Crippen MR) is 64.1 cm³/mol. The van der Waals surface area contributed by atoms with Crippen molar-refractivity contribution in [1.82, 2.24) is 4.90 Å². The van der Waals surface area contributed by atoms with Crippen molar-refractivity contribution in [3.8, 4) is 0 Å². The molecule has 1 fully saturated rings. The molecule has 0 aromatic rings. The molecule has 1 aliphatic heterocycles. The predicted octanol–water partition coefficient (Wildman–Crippen LogP) is 2.25. The lowest BCUT2D eigenvalue weighted by atomic mass is 9.93. The molecule has 16 heavy (non-hydrogen) atoms. The fourth-order valence-corrected chi connectivity index (χ4v) is 2.33. The number of carbonyl (C=O) groups is 2. The minimum Gasteiger partial charge on any atom is -0.341 e. The zero-order valence-electron chi connectivity index (χ0n) is 10.7. The van der Waals surface area contributed by atoms with Crippen LogP contribution in [-0.4, -0.2) is 29.7 Å². The molecular weight excluding hydrogens is 202 g/mol. The van der Waals surface area contributed by atoms with Gasteiger partial charge in [0.1, 0.15) is 5.78 Å². The molecule has 3 heteroatoms. The van der Waals surface area contributed by atoms with Gasteiger partial charge in [-0.2, -0.15) is 0 Å². The van der Waals surface area contributed by atoms with Crippen LogP contribution in [0.4, 0.5) is 0 Å². The molecule has 1 heterocycles. The molecule has 0 bridgehead atoms. The maximum atomic E-state index is 12.1. The summed E-state index contributed by atoms with van der Waals surface area (Å²) >= 11 is 0. The Balaban J connectivity index is 2.54. The molecule has 92 valence electrons. The van der Waals surface area contributed by atoms with Crippen LogP contribution in [0.5, 0.6) is 0 Å². The quantitative estimate of drug-likeness (QED) is 0.736. The largest absolute Gasteiger partial charge is 0.341 e. The average Bonchev–Trinajstić information content (AvgIpc) is 2.29. The molecule has 0 aromatic heterocycles. The second-order valence-corrected chi connectivity index (χ2v) is 4.80. The Morgan fingerprint density at radius 1 is 1.50 bits per heavy atom. The molecule has 0 saturated carbocycles. The van der Waals surface area contributed by atoms with E-state index < -0.39 is 0 Å². The van der Waals surface area contributed by atoms with Crippen LogP contribution in [0.3, 0.4) is 0 Å². The molecule has 1 rings (SSSR count). The van der Waals surface area contributed by atoms with E-state index in [4.69, 9.17) is 0 Å². The molecule has 1 aliphatic rings. The normalized spacial score (nSPS) is 23.3. The maximum Gasteiger partial charge on any atom is 0.225 e. The standard InChI is InChI=1S/C13H23NO2/c1-4-6-10(3)13(16)14-8-7-12(15)11(5-2)9-14/h10-11H,4-9H2,1-3H3. The number of likely N-dealkylation sites (tertiary alicyclic amines) is 1. The van der Waals surface area contributed by atoms with Crippen LogP contribution < -0.4 is 0 Å². The molecule has 0 aromatic carbocycles. The van der Waals surface area contributed by atoms with Crippen LogP contribution in [-0.2, 0) is 9.59 Å². The van der Waals surface area contributed by atoms with E-state index in [0.717, 1.165) is 19.3 Å². The van der Waals surface area contributed by atoms with Gasteiger partial charge in [0, 0.05) is 31.3 Å². The van der Waals surface area contributed by atoms with E-state index in [9.17, 15) is 9.59 Å². The lowest BCUT2D eigenvalue weighted by molar-refractivity contribution is -0.140. The Morgan fingerprint density at radius 3 is 2.75 bits per heavy atom. The van der Waals surface area contributed by atoms with E-state index in [0.29, 0.717) is 25.3 Å². The van der Waals surface area contributed by atoms with Gasteiger partial charge >= 0.3 is 0 Å². The molecule has 0 N–H and O–H groups in total. The maximum absolute atomic E-state index is 12.1. The Morgan fingerprint density at radius 2 is 2.19 bits per heavy atom. The molecule has 2 unspecified atom stereocenters. The van der Waals surface area contributed by atoms with Gasteiger partial charge in [-0.15, -0.1) is 0 Å². The first kappa shape index (κ1) is 13.2. The van der Waals surface area contributed by atoms with Gasteiger partial charge < -0.3 is 4.90 Å². The van der Waals surface area contributed by atoms with Crippen LogP contribution in [0, 0.1) is 11.8 Å². The van der Waals surface area contributed by atoms with Gasteiger partial charge in [-0.1, -0.05) is 27.2 Å². The fourth-order valence-electron chi connectivity index (χ4n) is 2.33. The summed E-state index contributed by atoms with van der Waals surface area (Å²) in [4.78, 5) is 25.5. The van der Waals surface area contributed by atoms with E-state index in [-0.39, 0.29) is 17.7 Å². The van der Waals surface area contributed by atoms with Gasteiger partial charge in [-0.3, -0.25) is 9.59 Å². The zero-order valence-corrected chi connectivity index (χ0v) is 10.7. The number of Topliss-reactive ketones (excluding diaryl/α,β-unsaturated/α-hetero) is 1. The lowest BCUT2D eigenvalue weighted by Gasteiger charge is -2.33. The SMILES string of the molecule is CCCC(C)C(=O)N1CCC(=O)C(CC)C1. The van der Waals surface area contributed by atoms with Crippen molar-refractivity contribution in [3.05, 3.63) is 0 Å². The van der Waals surface area contributed by atoms with Crippen LogP contribution in [0.25, 0.3) is 0 Å². The topological polar surface area (TPSA) is 37.4 Å². The van der Waals surface area contributed by atoms with E-state index in [1.54, 1.807) is 0 Å². The summed E-state index contributed by atoms with van der Waals surface area (Å²) in [7, 11) is 0. The number of hydrogen-bond acceptors (Lipinski definition) is 2. The Kier molecular flexibility index (Phi) is 4.97. The summed E-state index contributed by atoms with van der Waals surface area (Å²) < 4.78 is 0. The second-order valence-electron chi connectivity index (χ2n) is 4.80. The summed E-state index contributed by atoms with van der Waals surface area (Å²) in [6, 6.07) is 0. The van der Waals surface area contributed by atoms with Crippen LogP contribution in [0.1, 0.15) is 46.5 Å². The van der Waals surface area contributed by atoms with Crippen molar-refractivity contribution < 1.29 is 9.59 Å². The van der Waals surface area contributed by atoms with E-state index >= 15 is 0 Å². The third-order valence-corrected chi connectivity index (χ3v) is 3.47. The molecular formula is C13H23NO2. The first-order valence-electron chi connectivity index (χ1n) is 6.41. The van der Waals surface area contributed by atoms with Crippen molar-refractivity contribution in [2.24, 2.45) is 11.8 Å². The molecule has 1 amide bonds. The molecule has 0 spiro atoms. The van der Waals surface area contributed by atoms with Crippen molar-refractivity contribution in [3.63, 3.8) is 0 Å². The summed E-state index contributed by atoms with van der Waals surface area (Å²) in [5, 5.41) is 0. The van der Waals surface area contributed by atoms with Crippen molar-refractivity contribution in [2.45, 2.75) is 46.5 Å². The number of piperidine rings is 1.